The van der Waals surface area contributed by atoms with Crippen molar-refractivity contribution < 1.29 is 4.79 Å². The summed E-state index contributed by atoms with van der Waals surface area (Å²) in [6, 6.07) is 10.0. The summed E-state index contributed by atoms with van der Waals surface area (Å²) in [7, 11) is 0. The normalized spacial score (nSPS) is 15.0. The van der Waals surface area contributed by atoms with Crippen LogP contribution in [0.5, 0.6) is 0 Å². The third-order valence-corrected chi connectivity index (χ3v) is 5.23. The van der Waals surface area contributed by atoms with Crippen LogP contribution in [0.3, 0.4) is 0 Å². The number of aromatic amines is 1. The Morgan fingerprint density at radius 3 is 2.69 bits per heavy atom. The van der Waals surface area contributed by atoms with Gasteiger partial charge in [-0.15, -0.1) is 0 Å². The van der Waals surface area contributed by atoms with E-state index in [0.29, 0.717) is 12.2 Å². The van der Waals surface area contributed by atoms with Gasteiger partial charge >= 0.3 is 0 Å². The van der Waals surface area contributed by atoms with Crippen LogP contribution in [-0.4, -0.2) is 32.6 Å². The Balaban J connectivity index is 1.68. The molecule has 1 saturated carbocycles. The van der Waals surface area contributed by atoms with Gasteiger partial charge in [-0.1, -0.05) is 50.6 Å². The predicted molar refractivity (Wildman–Crippen MR) is 100 cm³/mol. The zero-order valence-electron chi connectivity index (χ0n) is 15.1. The number of benzene rings is 1. The number of hydrogen-bond acceptors (Lipinski definition) is 4. The second kappa shape index (κ2) is 6.52. The fourth-order valence-electron chi connectivity index (χ4n) is 3.38. The largest absolute Gasteiger partial charge is 0.355 e. The van der Waals surface area contributed by atoms with E-state index < -0.39 is 0 Å². The highest BCUT2D eigenvalue weighted by Crippen LogP contribution is 2.33. The summed E-state index contributed by atoms with van der Waals surface area (Å²) in [4.78, 5) is 21.1. The molecule has 0 aliphatic heterocycles. The predicted octanol–water partition coefficient (Wildman–Crippen LogP) is 3.21. The molecule has 0 spiro atoms. The van der Waals surface area contributed by atoms with Gasteiger partial charge in [-0.05, 0) is 12.8 Å². The van der Waals surface area contributed by atoms with Crippen molar-refractivity contribution in [3.63, 3.8) is 0 Å². The van der Waals surface area contributed by atoms with E-state index in [1.54, 1.807) is 6.33 Å². The molecular weight excluding hydrogens is 326 g/mol. The van der Waals surface area contributed by atoms with Crippen molar-refractivity contribution in [2.45, 2.75) is 38.5 Å². The summed E-state index contributed by atoms with van der Waals surface area (Å²) < 4.78 is 0. The van der Waals surface area contributed by atoms with E-state index in [2.05, 4.69) is 39.3 Å². The van der Waals surface area contributed by atoms with Gasteiger partial charge in [0.15, 0.2) is 5.65 Å². The Morgan fingerprint density at radius 2 is 2.00 bits per heavy atom. The van der Waals surface area contributed by atoms with Gasteiger partial charge in [0.1, 0.15) is 12.0 Å². The van der Waals surface area contributed by atoms with E-state index >= 15 is 0 Å². The van der Waals surface area contributed by atoms with Gasteiger partial charge in [0.2, 0.25) is 5.91 Å². The minimum atomic E-state index is -0.339. The standard InChI is InChI=1S/C20H23N5O/c1-20(2,11-21-19(26)14-9-6-10-14)17-15-16(13-7-4-3-5-8-13)24-25-18(15)23-12-22-17/h3-5,7-8,12,14H,6,9-11H2,1-2H3,(H,21,26)(H,22,23,24,25). The van der Waals surface area contributed by atoms with E-state index in [-0.39, 0.29) is 17.2 Å². The second-order valence-corrected chi connectivity index (χ2v) is 7.61. The zero-order valence-corrected chi connectivity index (χ0v) is 15.1. The van der Waals surface area contributed by atoms with Crippen molar-refractivity contribution >= 4 is 16.9 Å². The lowest BCUT2D eigenvalue weighted by Gasteiger charge is -2.29. The number of hydrogen-bond donors (Lipinski definition) is 2. The Labute approximate surface area is 152 Å². The number of carbonyl (C=O) groups is 1. The molecule has 0 atom stereocenters. The molecule has 6 heteroatoms. The lowest BCUT2D eigenvalue weighted by atomic mass is 9.83. The number of nitrogens with one attached hydrogen (secondary N) is 2. The fourth-order valence-corrected chi connectivity index (χ4v) is 3.38. The van der Waals surface area contributed by atoms with E-state index in [1.807, 2.05) is 30.3 Å². The van der Waals surface area contributed by atoms with E-state index in [1.165, 1.54) is 0 Å². The van der Waals surface area contributed by atoms with Crippen LogP contribution < -0.4 is 5.32 Å². The number of fused-ring (bicyclic) bond motifs is 1. The molecule has 0 bridgehead atoms. The molecule has 134 valence electrons. The molecule has 2 N–H and O–H groups in total. The average molecular weight is 349 g/mol. The first-order valence-electron chi connectivity index (χ1n) is 9.09. The van der Waals surface area contributed by atoms with Crippen molar-refractivity contribution in [3.8, 4) is 11.3 Å². The summed E-state index contributed by atoms with van der Waals surface area (Å²) in [5.74, 6) is 0.343. The highest BCUT2D eigenvalue weighted by Gasteiger charge is 2.31. The van der Waals surface area contributed by atoms with Crippen molar-refractivity contribution in [2.75, 3.05) is 6.54 Å². The highest BCUT2D eigenvalue weighted by molar-refractivity contribution is 5.93. The number of aromatic nitrogens is 4. The van der Waals surface area contributed by atoms with Gasteiger partial charge in [-0.3, -0.25) is 9.89 Å². The minimum Gasteiger partial charge on any atom is -0.355 e. The quantitative estimate of drug-likeness (QED) is 0.741. The lowest BCUT2D eigenvalue weighted by Crippen LogP contribution is -2.41. The number of nitrogens with zero attached hydrogens (tertiary/aromatic N) is 3. The van der Waals surface area contributed by atoms with Gasteiger partial charge in [0, 0.05) is 23.4 Å². The monoisotopic (exact) mass is 349 g/mol. The molecule has 0 unspecified atom stereocenters. The molecule has 1 aromatic carbocycles. The van der Waals surface area contributed by atoms with Crippen LogP contribution in [0.4, 0.5) is 0 Å². The van der Waals surface area contributed by atoms with Crippen molar-refractivity contribution in [1.29, 1.82) is 0 Å². The van der Waals surface area contributed by atoms with Crippen LogP contribution in [0.25, 0.3) is 22.3 Å². The first kappa shape index (κ1) is 16.7. The van der Waals surface area contributed by atoms with Crippen LogP contribution in [0.2, 0.25) is 0 Å². The molecule has 26 heavy (non-hydrogen) atoms. The van der Waals surface area contributed by atoms with E-state index in [9.17, 15) is 4.79 Å². The van der Waals surface area contributed by atoms with Crippen LogP contribution >= 0.6 is 0 Å². The van der Waals surface area contributed by atoms with Crippen molar-refractivity contribution in [1.82, 2.24) is 25.5 Å². The summed E-state index contributed by atoms with van der Waals surface area (Å²) in [5.41, 5.74) is 3.13. The highest BCUT2D eigenvalue weighted by atomic mass is 16.1. The SMILES string of the molecule is CC(C)(CNC(=O)C1CCC1)c1ncnc2[nH]nc(-c3ccccc3)c12. The molecule has 4 rings (SSSR count). The summed E-state index contributed by atoms with van der Waals surface area (Å²) in [5, 5.41) is 11.5. The van der Waals surface area contributed by atoms with Crippen LogP contribution in [0, 0.1) is 5.92 Å². The maximum Gasteiger partial charge on any atom is 0.223 e. The molecule has 1 fully saturated rings. The summed E-state index contributed by atoms with van der Waals surface area (Å²) >= 11 is 0. The third-order valence-electron chi connectivity index (χ3n) is 5.23. The van der Waals surface area contributed by atoms with Gasteiger partial charge in [0.25, 0.3) is 0 Å². The first-order chi connectivity index (χ1) is 12.6. The van der Waals surface area contributed by atoms with Gasteiger partial charge in [-0.2, -0.15) is 5.10 Å². The first-order valence-corrected chi connectivity index (χ1v) is 9.09. The van der Waals surface area contributed by atoms with Crippen molar-refractivity contribution in [2.24, 2.45) is 5.92 Å². The molecule has 1 aliphatic carbocycles. The zero-order chi connectivity index (χ0) is 18.1. The second-order valence-electron chi connectivity index (χ2n) is 7.61. The lowest BCUT2D eigenvalue weighted by molar-refractivity contribution is -0.127. The van der Waals surface area contributed by atoms with Crippen LogP contribution in [-0.2, 0) is 10.2 Å². The molecule has 1 aliphatic rings. The van der Waals surface area contributed by atoms with Gasteiger partial charge in [-0.25, -0.2) is 9.97 Å². The molecule has 3 aromatic rings. The Hall–Kier alpha value is -2.76. The molecule has 6 nitrogen and oxygen atoms in total. The third kappa shape index (κ3) is 2.96. The number of carbonyl (C=O) groups excluding carboxylic acids is 1. The molecule has 2 heterocycles. The molecule has 0 radical (unpaired) electrons. The molecule has 1 amide bonds. The fraction of sp³-hybridized carbons (Fsp3) is 0.400. The molecule has 0 saturated heterocycles. The van der Waals surface area contributed by atoms with E-state index in [0.717, 1.165) is 41.6 Å². The smallest absolute Gasteiger partial charge is 0.223 e. The Morgan fingerprint density at radius 1 is 1.23 bits per heavy atom. The topological polar surface area (TPSA) is 83.6 Å². The summed E-state index contributed by atoms with van der Waals surface area (Å²) in [6.07, 6.45) is 4.72. The van der Waals surface area contributed by atoms with Gasteiger partial charge in [0.05, 0.1) is 11.1 Å². The van der Waals surface area contributed by atoms with Crippen LogP contribution in [0.15, 0.2) is 36.7 Å². The van der Waals surface area contributed by atoms with Crippen LogP contribution in [0.1, 0.15) is 38.8 Å². The van der Waals surface area contributed by atoms with E-state index in [4.69, 9.17) is 0 Å². The minimum absolute atomic E-state index is 0.158. The average Bonchev–Trinajstić information content (AvgIpc) is 3.03. The Kier molecular flexibility index (Phi) is 4.18. The Bertz CT molecular complexity index is 928. The number of H-pyrrole nitrogens is 1. The maximum absolute atomic E-state index is 12.2. The van der Waals surface area contributed by atoms with Crippen molar-refractivity contribution in [3.05, 3.63) is 42.4 Å². The number of rotatable bonds is 5. The number of amides is 1. The maximum atomic E-state index is 12.2. The summed E-state index contributed by atoms with van der Waals surface area (Å²) in [6.45, 7) is 4.73. The van der Waals surface area contributed by atoms with Gasteiger partial charge < -0.3 is 5.32 Å². The molecule has 2 aromatic heterocycles. The molecular formula is C20H23N5O.